The van der Waals surface area contributed by atoms with Gasteiger partial charge in [0, 0.05) is 16.1 Å². The SMILES string of the molecule is O=CC=Cc1cn[nH]c1-c1ccc(Cl)cc1. The molecular formula is C12H9ClN2O. The van der Waals surface area contributed by atoms with Gasteiger partial charge in [-0.15, -0.1) is 0 Å². The minimum atomic E-state index is 0.688. The van der Waals surface area contributed by atoms with E-state index in [1.165, 1.54) is 6.08 Å². The summed E-state index contributed by atoms with van der Waals surface area (Å²) in [4.78, 5) is 10.3. The maximum absolute atomic E-state index is 10.3. The van der Waals surface area contributed by atoms with Gasteiger partial charge >= 0.3 is 0 Å². The van der Waals surface area contributed by atoms with Gasteiger partial charge in [-0.05, 0) is 24.3 Å². The monoisotopic (exact) mass is 232 g/mol. The predicted molar refractivity (Wildman–Crippen MR) is 64.1 cm³/mol. The van der Waals surface area contributed by atoms with Crippen LogP contribution in [0.2, 0.25) is 5.02 Å². The molecule has 0 aliphatic heterocycles. The van der Waals surface area contributed by atoms with Crippen molar-refractivity contribution in [1.29, 1.82) is 0 Å². The van der Waals surface area contributed by atoms with E-state index in [-0.39, 0.29) is 0 Å². The minimum Gasteiger partial charge on any atom is -0.299 e. The Labute approximate surface area is 97.8 Å². The van der Waals surface area contributed by atoms with Crippen LogP contribution in [0.25, 0.3) is 17.3 Å². The molecule has 0 saturated heterocycles. The van der Waals surface area contributed by atoms with E-state index in [1.54, 1.807) is 12.3 Å². The summed E-state index contributed by atoms with van der Waals surface area (Å²) in [5.74, 6) is 0. The van der Waals surface area contributed by atoms with Gasteiger partial charge in [0.2, 0.25) is 0 Å². The number of allylic oxidation sites excluding steroid dienone is 1. The van der Waals surface area contributed by atoms with E-state index in [0.717, 1.165) is 23.1 Å². The molecule has 0 aliphatic carbocycles. The van der Waals surface area contributed by atoms with Gasteiger partial charge in [-0.25, -0.2) is 0 Å². The Kier molecular flexibility index (Phi) is 3.17. The van der Waals surface area contributed by atoms with Crippen molar-refractivity contribution in [2.45, 2.75) is 0 Å². The first-order valence-electron chi connectivity index (χ1n) is 4.72. The molecule has 0 spiro atoms. The van der Waals surface area contributed by atoms with Crippen LogP contribution in [-0.2, 0) is 4.79 Å². The van der Waals surface area contributed by atoms with E-state index in [0.29, 0.717) is 5.02 Å². The highest BCUT2D eigenvalue weighted by molar-refractivity contribution is 6.30. The van der Waals surface area contributed by atoms with Crippen LogP contribution in [0.1, 0.15) is 5.56 Å². The fourth-order valence-corrected chi connectivity index (χ4v) is 1.54. The third-order valence-corrected chi connectivity index (χ3v) is 2.41. The third kappa shape index (κ3) is 2.20. The summed E-state index contributed by atoms with van der Waals surface area (Å²) in [7, 11) is 0. The van der Waals surface area contributed by atoms with Crippen LogP contribution in [0.4, 0.5) is 0 Å². The molecule has 0 atom stereocenters. The fraction of sp³-hybridized carbons (Fsp3) is 0. The molecule has 4 heteroatoms. The molecule has 0 bridgehead atoms. The number of aromatic nitrogens is 2. The first-order chi connectivity index (χ1) is 7.81. The van der Waals surface area contributed by atoms with Crippen LogP contribution in [0.3, 0.4) is 0 Å². The van der Waals surface area contributed by atoms with Gasteiger partial charge in [-0.1, -0.05) is 23.7 Å². The first kappa shape index (κ1) is 10.6. The largest absolute Gasteiger partial charge is 0.299 e. The van der Waals surface area contributed by atoms with Crippen molar-refractivity contribution in [2.75, 3.05) is 0 Å². The van der Waals surface area contributed by atoms with Gasteiger partial charge in [-0.2, -0.15) is 5.10 Å². The molecule has 0 saturated carbocycles. The Morgan fingerprint density at radius 1 is 1.25 bits per heavy atom. The molecule has 0 amide bonds. The maximum Gasteiger partial charge on any atom is 0.142 e. The minimum absolute atomic E-state index is 0.688. The normalized spacial score (nSPS) is 10.8. The average molecular weight is 233 g/mol. The molecule has 2 aromatic rings. The summed E-state index contributed by atoms with van der Waals surface area (Å²) in [5, 5.41) is 7.53. The van der Waals surface area contributed by atoms with Gasteiger partial charge in [0.1, 0.15) is 6.29 Å². The Morgan fingerprint density at radius 2 is 2.00 bits per heavy atom. The fourth-order valence-electron chi connectivity index (χ4n) is 1.41. The zero-order valence-corrected chi connectivity index (χ0v) is 9.11. The van der Waals surface area contributed by atoms with E-state index in [4.69, 9.17) is 11.6 Å². The summed E-state index contributed by atoms with van der Waals surface area (Å²) < 4.78 is 0. The quantitative estimate of drug-likeness (QED) is 0.653. The molecule has 0 fully saturated rings. The lowest BCUT2D eigenvalue weighted by atomic mass is 10.1. The Hall–Kier alpha value is -1.87. The highest BCUT2D eigenvalue weighted by atomic mass is 35.5. The molecule has 80 valence electrons. The second-order valence-electron chi connectivity index (χ2n) is 3.20. The second-order valence-corrected chi connectivity index (χ2v) is 3.64. The number of nitrogens with zero attached hydrogens (tertiary/aromatic N) is 1. The van der Waals surface area contributed by atoms with Crippen LogP contribution >= 0.6 is 11.6 Å². The number of nitrogens with one attached hydrogen (secondary N) is 1. The number of hydrogen-bond acceptors (Lipinski definition) is 2. The smallest absolute Gasteiger partial charge is 0.142 e. The Morgan fingerprint density at radius 3 is 2.69 bits per heavy atom. The van der Waals surface area contributed by atoms with Crippen LogP contribution in [0.5, 0.6) is 0 Å². The number of halogens is 1. The molecule has 1 N–H and O–H groups in total. The summed E-state index contributed by atoms with van der Waals surface area (Å²) in [5.41, 5.74) is 2.72. The van der Waals surface area contributed by atoms with Crippen molar-refractivity contribution < 1.29 is 4.79 Å². The van der Waals surface area contributed by atoms with Crippen molar-refractivity contribution in [2.24, 2.45) is 0 Å². The predicted octanol–water partition coefficient (Wildman–Crippen LogP) is 2.94. The lowest BCUT2D eigenvalue weighted by molar-refractivity contribution is -0.104. The topological polar surface area (TPSA) is 45.8 Å². The summed E-state index contributed by atoms with van der Waals surface area (Å²) in [6.45, 7) is 0. The van der Waals surface area contributed by atoms with Gasteiger partial charge in [0.15, 0.2) is 0 Å². The Bertz CT molecular complexity index is 514. The highest BCUT2D eigenvalue weighted by Crippen LogP contribution is 2.23. The van der Waals surface area contributed by atoms with Gasteiger partial charge < -0.3 is 0 Å². The van der Waals surface area contributed by atoms with Crippen molar-refractivity contribution in [3.05, 3.63) is 47.1 Å². The van der Waals surface area contributed by atoms with Crippen molar-refractivity contribution in [3.8, 4) is 11.3 Å². The van der Waals surface area contributed by atoms with Gasteiger partial charge in [-0.3, -0.25) is 9.89 Å². The van der Waals surface area contributed by atoms with E-state index in [1.807, 2.05) is 24.3 Å². The standard InChI is InChI=1S/C12H9ClN2O/c13-11-5-3-9(4-6-11)12-10(2-1-7-16)8-14-15-12/h1-8H,(H,14,15). The number of aromatic amines is 1. The van der Waals surface area contributed by atoms with Gasteiger partial charge in [0.25, 0.3) is 0 Å². The first-order valence-corrected chi connectivity index (χ1v) is 5.10. The zero-order chi connectivity index (χ0) is 11.4. The number of rotatable bonds is 3. The molecular weight excluding hydrogens is 224 g/mol. The molecule has 0 aliphatic rings. The molecule has 2 rings (SSSR count). The third-order valence-electron chi connectivity index (χ3n) is 2.16. The molecule has 3 nitrogen and oxygen atoms in total. The van der Waals surface area contributed by atoms with Crippen LogP contribution in [0.15, 0.2) is 36.5 Å². The maximum atomic E-state index is 10.3. The van der Waals surface area contributed by atoms with E-state index >= 15 is 0 Å². The highest BCUT2D eigenvalue weighted by Gasteiger charge is 2.04. The number of carbonyl (C=O) groups is 1. The molecule has 0 unspecified atom stereocenters. The van der Waals surface area contributed by atoms with Crippen LogP contribution in [0, 0.1) is 0 Å². The molecule has 0 radical (unpaired) electrons. The molecule has 16 heavy (non-hydrogen) atoms. The Balaban J connectivity index is 2.40. The second kappa shape index (κ2) is 4.77. The van der Waals surface area contributed by atoms with E-state index in [2.05, 4.69) is 10.2 Å². The average Bonchev–Trinajstić information content (AvgIpc) is 2.75. The molecule has 1 aromatic carbocycles. The summed E-state index contributed by atoms with van der Waals surface area (Å²) >= 11 is 5.81. The number of benzene rings is 1. The van der Waals surface area contributed by atoms with Crippen molar-refractivity contribution in [1.82, 2.24) is 10.2 Å². The summed E-state index contributed by atoms with van der Waals surface area (Å²) in [6, 6.07) is 7.41. The number of carbonyl (C=O) groups excluding carboxylic acids is 1. The van der Waals surface area contributed by atoms with Crippen LogP contribution in [-0.4, -0.2) is 16.5 Å². The molecule has 1 aromatic heterocycles. The number of aldehydes is 1. The number of hydrogen-bond donors (Lipinski definition) is 1. The number of H-pyrrole nitrogens is 1. The van der Waals surface area contributed by atoms with Crippen LogP contribution < -0.4 is 0 Å². The van der Waals surface area contributed by atoms with Crippen molar-refractivity contribution >= 4 is 24.0 Å². The summed E-state index contributed by atoms with van der Waals surface area (Å²) in [6.07, 6.45) is 5.55. The van der Waals surface area contributed by atoms with E-state index < -0.39 is 0 Å². The van der Waals surface area contributed by atoms with Crippen molar-refractivity contribution in [3.63, 3.8) is 0 Å². The molecule has 1 heterocycles. The van der Waals surface area contributed by atoms with Gasteiger partial charge in [0.05, 0.1) is 11.9 Å². The lowest BCUT2D eigenvalue weighted by Crippen LogP contribution is -1.80. The lowest BCUT2D eigenvalue weighted by Gasteiger charge is -1.99. The van der Waals surface area contributed by atoms with E-state index in [9.17, 15) is 4.79 Å². The zero-order valence-electron chi connectivity index (χ0n) is 8.35.